The van der Waals surface area contributed by atoms with E-state index in [0.717, 1.165) is 23.7 Å². The van der Waals surface area contributed by atoms with Gasteiger partial charge in [0.05, 0.1) is 5.69 Å². The summed E-state index contributed by atoms with van der Waals surface area (Å²) in [7, 11) is -3.28. The van der Waals surface area contributed by atoms with Crippen LogP contribution < -0.4 is 5.32 Å². The van der Waals surface area contributed by atoms with E-state index < -0.39 is 27.4 Å². The topological polar surface area (TPSA) is 89.3 Å². The van der Waals surface area contributed by atoms with Gasteiger partial charge in [0.1, 0.15) is 23.1 Å². The number of furan rings is 1. The van der Waals surface area contributed by atoms with Gasteiger partial charge in [-0.2, -0.15) is 0 Å². The second-order valence-corrected chi connectivity index (χ2v) is 8.91. The Bertz CT molecular complexity index is 1120. The van der Waals surface area contributed by atoms with Crippen LogP contribution in [0.2, 0.25) is 0 Å². The monoisotopic (exact) mass is 412 g/mol. The minimum Gasteiger partial charge on any atom is -0.455 e. The fourth-order valence-electron chi connectivity index (χ4n) is 2.30. The molecule has 0 aliphatic carbocycles. The van der Waals surface area contributed by atoms with Crippen LogP contribution in [0.1, 0.15) is 21.9 Å². The molecule has 1 N–H and O–H groups in total. The minimum atomic E-state index is -3.28. The summed E-state index contributed by atoms with van der Waals surface area (Å²) in [6, 6.07) is 4.89. The molecule has 2 heterocycles. The van der Waals surface area contributed by atoms with Gasteiger partial charge in [0.15, 0.2) is 20.7 Å². The number of aryl methyl sites for hydroxylation is 1. The maximum absolute atomic E-state index is 14.0. The van der Waals surface area contributed by atoms with Gasteiger partial charge in [-0.1, -0.05) is 0 Å². The predicted molar refractivity (Wildman–Crippen MR) is 97.4 cm³/mol. The summed E-state index contributed by atoms with van der Waals surface area (Å²) < 4.78 is 55.1. The van der Waals surface area contributed by atoms with Crippen LogP contribution in [0.4, 0.5) is 13.9 Å². The van der Waals surface area contributed by atoms with E-state index in [0.29, 0.717) is 0 Å². The zero-order valence-corrected chi connectivity index (χ0v) is 15.9. The highest BCUT2D eigenvalue weighted by Crippen LogP contribution is 2.29. The molecular weight excluding hydrogens is 398 g/mol. The number of hydrogen-bond acceptors (Lipinski definition) is 6. The quantitative estimate of drug-likeness (QED) is 0.689. The Balaban J connectivity index is 1.76. The van der Waals surface area contributed by atoms with E-state index in [1.807, 2.05) is 0 Å². The average Bonchev–Trinajstić information content (AvgIpc) is 3.19. The molecule has 0 aliphatic rings. The first kappa shape index (κ1) is 19.2. The Morgan fingerprint density at radius 2 is 2.00 bits per heavy atom. The molecule has 0 fully saturated rings. The van der Waals surface area contributed by atoms with Gasteiger partial charge in [0.2, 0.25) is 0 Å². The first-order valence-electron chi connectivity index (χ1n) is 7.62. The normalized spacial score (nSPS) is 11.6. The Kier molecular flexibility index (Phi) is 5.11. The first-order valence-corrected chi connectivity index (χ1v) is 10.6. The molecular formula is C17H14F2N2O4S2. The molecule has 0 atom stereocenters. The highest BCUT2D eigenvalue weighted by Gasteiger charge is 2.17. The van der Waals surface area contributed by atoms with Crippen molar-refractivity contribution in [1.29, 1.82) is 0 Å². The molecule has 3 rings (SSSR count). The van der Waals surface area contributed by atoms with Crippen molar-refractivity contribution in [3.63, 3.8) is 0 Å². The van der Waals surface area contributed by atoms with Crippen LogP contribution in [0.5, 0.6) is 0 Å². The second kappa shape index (κ2) is 7.20. The molecule has 3 aromatic rings. The third kappa shape index (κ3) is 4.58. The Labute approximate surface area is 157 Å². The van der Waals surface area contributed by atoms with Crippen molar-refractivity contribution in [3.8, 4) is 11.3 Å². The lowest BCUT2D eigenvalue weighted by Gasteiger charge is -2.03. The van der Waals surface area contributed by atoms with Crippen LogP contribution in [0.25, 0.3) is 11.3 Å². The largest absolute Gasteiger partial charge is 0.455 e. The molecule has 0 saturated heterocycles. The molecule has 0 radical (unpaired) electrons. The lowest BCUT2D eigenvalue weighted by atomic mass is 10.1. The molecule has 0 saturated carbocycles. The molecule has 2 aromatic heterocycles. The number of benzene rings is 1. The van der Waals surface area contributed by atoms with Crippen molar-refractivity contribution < 1.29 is 26.4 Å². The van der Waals surface area contributed by atoms with Gasteiger partial charge in [-0.15, -0.1) is 11.3 Å². The predicted octanol–water partition coefficient (Wildman–Crippen LogP) is 3.79. The zero-order valence-electron chi connectivity index (χ0n) is 14.2. The zero-order chi connectivity index (χ0) is 19.8. The maximum Gasteiger partial charge on any atom is 0.293 e. The summed E-state index contributed by atoms with van der Waals surface area (Å²) in [4.78, 5) is 16.3. The van der Waals surface area contributed by atoms with E-state index in [1.54, 1.807) is 0 Å². The van der Waals surface area contributed by atoms with E-state index in [-0.39, 0.29) is 39.2 Å². The van der Waals surface area contributed by atoms with Crippen LogP contribution in [0.3, 0.4) is 0 Å². The Morgan fingerprint density at radius 1 is 1.26 bits per heavy atom. The van der Waals surface area contributed by atoms with Crippen molar-refractivity contribution in [3.05, 3.63) is 58.4 Å². The third-order valence-electron chi connectivity index (χ3n) is 3.54. The van der Waals surface area contributed by atoms with E-state index >= 15 is 0 Å². The number of amides is 1. The van der Waals surface area contributed by atoms with Crippen molar-refractivity contribution in [1.82, 2.24) is 4.98 Å². The summed E-state index contributed by atoms with van der Waals surface area (Å²) in [5.74, 6) is -2.27. The van der Waals surface area contributed by atoms with Crippen molar-refractivity contribution in [2.45, 2.75) is 12.7 Å². The molecule has 0 bridgehead atoms. The van der Waals surface area contributed by atoms with Gasteiger partial charge in [0.25, 0.3) is 5.91 Å². The Hall–Kier alpha value is -2.59. The van der Waals surface area contributed by atoms with Crippen LogP contribution in [-0.2, 0) is 15.6 Å². The van der Waals surface area contributed by atoms with Gasteiger partial charge in [-0.05, 0) is 30.7 Å². The number of hydrogen-bond donors (Lipinski definition) is 1. The maximum atomic E-state index is 14.0. The van der Waals surface area contributed by atoms with Gasteiger partial charge in [-0.25, -0.2) is 22.2 Å². The molecule has 0 aliphatic heterocycles. The minimum absolute atomic E-state index is 0.0748. The van der Waals surface area contributed by atoms with Crippen LogP contribution in [0, 0.1) is 18.6 Å². The number of nitrogens with zero attached hydrogens (tertiary/aromatic N) is 1. The molecule has 142 valence electrons. The first-order chi connectivity index (χ1) is 12.6. The van der Waals surface area contributed by atoms with Crippen molar-refractivity contribution in [2.24, 2.45) is 0 Å². The van der Waals surface area contributed by atoms with E-state index in [9.17, 15) is 22.0 Å². The molecule has 0 spiro atoms. The molecule has 6 nitrogen and oxygen atoms in total. The molecule has 0 unspecified atom stereocenters. The standard InChI is InChI=1S/C17H14F2N2O4S2/c1-9-5-11(13(19)6-12(9)18)14-7-26-17(20-14)21-16(22)15-4-3-10(25-15)8-27(2,23)24/h3-7H,8H2,1-2H3,(H,20,21,22). The summed E-state index contributed by atoms with van der Waals surface area (Å²) in [6.45, 7) is 1.51. The fourth-order valence-corrected chi connectivity index (χ4v) is 3.68. The number of anilines is 1. The number of carbonyl (C=O) groups excluding carboxylic acids is 1. The summed E-state index contributed by atoms with van der Waals surface area (Å²) in [5, 5.41) is 4.22. The number of halogens is 2. The number of aromatic nitrogens is 1. The van der Waals surface area contributed by atoms with E-state index in [1.165, 1.54) is 30.5 Å². The number of thiazole rings is 1. The number of nitrogens with one attached hydrogen (secondary N) is 1. The number of rotatable bonds is 5. The summed E-state index contributed by atoms with van der Waals surface area (Å²) in [5.41, 5.74) is 0.658. The average molecular weight is 412 g/mol. The van der Waals surface area contributed by atoms with E-state index in [4.69, 9.17) is 4.42 Å². The lowest BCUT2D eigenvalue weighted by Crippen LogP contribution is -2.10. The van der Waals surface area contributed by atoms with Crippen molar-refractivity contribution in [2.75, 3.05) is 11.6 Å². The highest BCUT2D eigenvalue weighted by molar-refractivity contribution is 7.89. The van der Waals surface area contributed by atoms with Gasteiger partial charge < -0.3 is 4.42 Å². The van der Waals surface area contributed by atoms with Crippen LogP contribution in [0.15, 0.2) is 34.1 Å². The van der Waals surface area contributed by atoms with Gasteiger partial charge in [-0.3, -0.25) is 10.1 Å². The van der Waals surface area contributed by atoms with Crippen LogP contribution in [-0.4, -0.2) is 25.6 Å². The molecule has 1 amide bonds. The third-order valence-corrected chi connectivity index (χ3v) is 5.11. The fraction of sp³-hybridized carbons (Fsp3) is 0.176. The number of sulfone groups is 1. The molecule has 1 aromatic carbocycles. The molecule has 27 heavy (non-hydrogen) atoms. The number of carbonyl (C=O) groups is 1. The lowest BCUT2D eigenvalue weighted by molar-refractivity contribution is 0.0995. The van der Waals surface area contributed by atoms with Crippen LogP contribution >= 0.6 is 11.3 Å². The highest BCUT2D eigenvalue weighted by atomic mass is 32.2. The summed E-state index contributed by atoms with van der Waals surface area (Å²) >= 11 is 1.06. The van der Waals surface area contributed by atoms with Crippen molar-refractivity contribution >= 4 is 32.2 Å². The second-order valence-electron chi connectivity index (χ2n) is 5.91. The van der Waals surface area contributed by atoms with Gasteiger partial charge >= 0.3 is 0 Å². The van der Waals surface area contributed by atoms with E-state index in [2.05, 4.69) is 10.3 Å². The smallest absolute Gasteiger partial charge is 0.293 e. The molecule has 10 heteroatoms. The van der Waals surface area contributed by atoms with Gasteiger partial charge in [0, 0.05) is 23.3 Å². The Morgan fingerprint density at radius 3 is 2.70 bits per heavy atom. The SMILES string of the molecule is Cc1cc(-c2csc(NC(=O)c3ccc(CS(C)(=O)=O)o3)n2)c(F)cc1F. The summed E-state index contributed by atoms with van der Waals surface area (Å²) in [6.07, 6.45) is 1.06.